The average molecular weight is 268 g/mol. The number of nitrogens with one attached hydrogen (secondary N) is 2. The van der Waals surface area contributed by atoms with Gasteiger partial charge in [0.2, 0.25) is 5.91 Å². The zero-order chi connectivity index (χ0) is 13.0. The first kappa shape index (κ1) is 13.1. The first-order valence-electron chi connectivity index (χ1n) is 6.21. The molecule has 4 nitrogen and oxygen atoms in total. The minimum Gasteiger partial charge on any atom is -0.349 e. The van der Waals surface area contributed by atoms with Crippen molar-refractivity contribution in [2.24, 2.45) is 5.92 Å². The number of carbonyl (C=O) groups is 1. The van der Waals surface area contributed by atoms with Gasteiger partial charge in [-0.3, -0.25) is 4.79 Å². The highest BCUT2D eigenvalue weighted by Crippen LogP contribution is 2.33. The molecule has 2 rings (SSSR count). The Morgan fingerprint density at radius 3 is 3.17 bits per heavy atom. The number of hydrogen-bond donors (Lipinski definition) is 2. The fourth-order valence-electron chi connectivity index (χ4n) is 2.23. The van der Waals surface area contributed by atoms with Crippen molar-refractivity contribution in [1.29, 1.82) is 0 Å². The van der Waals surface area contributed by atoms with Gasteiger partial charge in [-0.05, 0) is 25.2 Å². The van der Waals surface area contributed by atoms with Crippen LogP contribution < -0.4 is 5.32 Å². The van der Waals surface area contributed by atoms with Crippen LogP contribution >= 0.6 is 11.6 Å². The molecule has 0 radical (unpaired) electrons. The maximum Gasteiger partial charge on any atom is 0.220 e. The molecule has 1 aromatic heterocycles. The Hall–Kier alpha value is -1.29. The second-order valence-electron chi connectivity index (χ2n) is 4.79. The largest absolute Gasteiger partial charge is 0.349 e. The van der Waals surface area contributed by atoms with Gasteiger partial charge >= 0.3 is 0 Å². The molecule has 1 saturated carbocycles. The van der Waals surface area contributed by atoms with Gasteiger partial charge in [0.05, 0.1) is 6.54 Å². The standard InChI is InChI=1S/C13H18ClN3O/c1-9-2-3-10(11(14)6-9)7-13(18)17-8-12-15-4-5-16-12/h4-5,10-11H,1-3,6-8H2,(H,15,16)(H,17,18). The zero-order valence-electron chi connectivity index (χ0n) is 10.3. The summed E-state index contributed by atoms with van der Waals surface area (Å²) >= 11 is 6.26. The normalized spacial score (nSPS) is 23.9. The fraction of sp³-hybridized carbons (Fsp3) is 0.538. The van der Waals surface area contributed by atoms with Crippen molar-refractivity contribution in [2.75, 3.05) is 0 Å². The van der Waals surface area contributed by atoms with Crippen LogP contribution in [0.4, 0.5) is 0 Å². The lowest BCUT2D eigenvalue weighted by atomic mass is 9.84. The summed E-state index contributed by atoms with van der Waals surface area (Å²) < 4.78 is 0. The zero-order valence-corrected chi connectivity index (χ0v) is 11.0. The number of carbonyl (C=O) groups excluding carboxylic acids is 1. The highest BCUT2D eigenvalue weighted by Gasteiger charge is 2.26. The molecule has 5 heteroatoms. The number of alkyl halides is 1. The first-order valence-corrected chi connectivity index (χ1v) is 6.64. The molecule has 0 bridgehead atoms. The van der Waals surface area contributed by atoms with Crippen molar-refractivity contribution < 1.29 is 4.79 Å². The minimum absolute atomic E-state index is 0.0366. The number of amides is 1. The van der Waals surface area contributed by atoms with E-state index in [1.807, 2.05) is 0 Å². The van der Waals surface area contributed by atoms with Crippen LogP contribution in [0.5, 0.6) is 0 Å². The predicted octanol–water partition coefficient (Wildman–Crippen LogP) is 2.38. The smallest absolute Gasteiger partial charge is 0.220 e. The molecule has 0 aromatic carbocycles. The van der Waals surface area contributed by atoms with E-state index >= 15 is 0 Å². The lowest BCUT2D eigenvalue weighted by Crippen LogP contribution is -2.30. The quantitative estimate of drug-likeness (QED) is 0.650. The maximum absolute atomic E-state index is 11.8. The second-order valence-corrected chi connectivity index (χ2v) is 5.35. The van der Waals surface area contributed by atoms with Gasteiger partial charge in [-0.25, -0.2) is 4.98 Å². The van der Waals surface area contributed by atoms with Gasteiger partial charge in [0.25, 0.3) is 0 Å². The van der Waals surface area contributed by atoms with E-state index < -0.39 is 0 Å². The summed E-state index contributed by atoms with van der Waals surface area (Å²) in [6.45, 7) is 4.39. The Morgan fingerprint density at radius 2 is 2.50 bits per heavy atom. The number of allylic oxidation sites excluding steroid dienone is 1. The van der Waals surface area contributed by atoms with E-state index in [1.54, 1.807) is 12.4 Å². The summed E-state index contributed by atoms with van der Waals surface area (Å²) in [4.78, 5) is 18.8. The minimum atomic E-state index is 0.0366. The van der Waals surface area contributed by atoms with E-state index in [0.717, 1.165) is 25.1 Å². The van der Waals surface area contributed by atoms with Gasteiger partial charge in [-0.15, -0.1) is 11.6 Å². The van der Waals surface area contributed by atoms with E-state index in [0.29, 0.717) is 13.0 Å². The van der Waals surface area contributed by atoms with Crippen LogP contribution in [-0.4, -0.2) is 21.3 Å². The molecule has 1 aliphatic rings. The molecule has 0 aliphatic heterocycles. The maximum atomic E-state index is 11.8. The number of imidazole rings is 1. The molecule has 1 aromatic rings. The Bertz CT molecular complexity index is 416. The van der Waals surface area contributed by atoms with Crippen molar-refractivity contribution in [1.82, 2.24) is 15.3 Å². The average Bonchev–Trinajstić information content (AvgIpc) is 2.83. The summed E-state index contributed by atoms with van der Waals surface area (Å²) in [6.07, 6.45) is 6.67. The van der Waals surface area contributed by atoms with E-state index in [1.165, 1.54) is 5.57 Å². The molecule has 1 fully saturated rings. The van der Waals surface area contributed by atoms with Crippen molar-refractivity contribution in [3.63, 3.8) is 0 Å². The van der Waals surface area contributed by atoms with Crippen molar-refractivity contribution >= 4 is 17.5 Å². The predicted molar refractivity (Wildman–Crippen MR) is 71.2 cm³/mol. The third kappa shape index (κ3) is 3.60. The molecule has 1 aliphatic carbocycles. The molecule has 2 N–H and O–H groups in total. The number of rotatable bonds is 4. The summed E-state index contributed by atoms with van der Waals surface area (Å²) in [6, 6.07) is 0. The van der Waals surface area contributed by atoms with Crippen LogP contribution in [0.3, 0.4) is 0 Å². The number of H-pyrrole nitrogens is 1. The fourth-order valence-corrected chi connectivity index (χ4v) is 2.67. The van der Waals surface area contributed by atoms with E-state index in [4.69, 9.17) is 11.6 Å². The van der Waals surface area contributed by atoms with Crippen LogP contribution in [-0.2, 0) is 11.3 Å². The molecule has 2 atom stereocenters. The van der Waals surface area contributed by atoms with Crippen LogP contribution in [0, 0.1) is 5.92 Å². The summed E-state index contributed by atoms with van der Waals surface area (Å²) in [5.74, 6) is 1.06. The third-order valence-electron chi connectivity index (χ3n) is 3.32. The van der Waals surface area contributed by atoms with E-state index in [-0.39, 0.29) is 17.2 Å². The monoisotopic (exact) mass is 267 g/mol. The van der Waals surface area contributed by atoms with Crippen LogP contribution in [0.25, 0.3) is 0 Å². The summed E-state index contributed by atoms with van der Waals surface area (Å²) in [7, 11) is 0. The molecule has 18 heavy (non-hydrogen) atoms. The van der Waals surface area contributed by atoms with Gasteiger partial charge in [0.15, 0.2) is 0 Å². The molecule has 2 unspecified atom stereocenters. The number of aromatic amines is 1. The van der Waals surface area contributed by atoms with Gasteiger partial charge in [-0.1, -0.05) is 12.2 Å². The first-order chi connectivity index (χ1) is 8.65. The summed E-state index contributed by atoms with van der Waals surface area (Å²) in [5.41, 5.74) is 1.20. The van der Waals surface area contributed by atoms with Crippen molar-refractivity contribution in [3.8, 4) is 0 Å². The van der Waals surface area contributed by atoms with E-state index in [9.17, 15) is 4.79 Å². The Labute approximate surface area is 112 Å². The lowest BCUT2D eigenvalue weighted by Gasteiger charge is -2.27. The van der Waals surface area contributed by atoms with Gasteiger partial charge in [0.1, 0.15) is 5.82 Å². The summed E-state index contributed by atoms with van der Waals surface area (Å²) in [5, 5.41) is 2.89. The second kappa shape index (κ2) is 6.05. The topological polar surface area (TPSA) is 57.8 Å². The molecule has 1 heterocycles. The highest BCUT2D eigenvalue weighted by molar-refractivity contribution is 6.21. The molecular weight excluding hydrogens is 250 g/mol. The Kier molecular flexibility index (Phi) is 4.42. The van der Waals surface area contributed by atoms with Crippen LogP contribution in [0.15, 0.2) is 24.5 Å². The molecule has 98 valence electrons. The van der Waals surface area contributed by atoms with Gasteiger partial charge in [0, 0.05) is 24.2 Å². The number of hydrogen-bond acceptors (Lipinski definition) is 2. The third-order valence-corrected chi connectivity index (χ3v) is 3.83. The highest BCUT2D eigenvalue weighted by atomic mass is 35.5. The molecule has 0 saturated heterocycles. The SMILES string of the molecule is C=C1CCC(CC(=O)NCc2ncc[nH]2)C(Cl)C1. The molecule has 0 spiro atoms. The number of halogens is 1. The van der Waals surface area contributed by atoms with Crippen molar-refractivity contribution in [3.05, 3.63) is 30.4 Å². The number of aromatic nitrogens is 2. The number of nitrogens with zero attached hydrogens (tertiary/aromatic N) is 1. The van der Waals surface area contributed by atoms with Gasteiger partial charge in [-0.2, -0.15) is 0 Å². The Balaban J connectivity index is 1.75. The van der Waals surface area contributed by atoms with Gasteiger partial charge < -0.3 is 10.3 Å². The molecule has 1 amide bonds. The van der Waals surface area contributed by atoms with Crippen LogP contribution in [0.1, 0.15) is 31.5 Å². The lowest BCUT2D eigenvalue weighted by molar-refractivity contribution is -0.122. The van der Waals surface area contributed by atoms with Crippen LogP contribution in [0.2, 0.25) is 0 Å². The van der Waals surface area contributed by atoms with E-state index in [2.05, 4.69) is 21.9 Å². The molecular formula is C13H18ClN3O. The Morgan fingerprint density at radius 1 is 1.67 bits per heavy atom. The van der Waals surface area contributed by atoms with Crippen molar-refractivity contribution in [2.45, 2.75) is 37.6 Å².